The Morgan fingerprint density at radius 1 is 1.14 bits per heavy atom. The highest BCUT2D eigenvalue weighted by atomic mass is 16.7. The molecule has 7 heteroatoms. The number of hydrogen-bond donors (Lipinski definition) is 2. The smallest absolute Gasteiger partial charge is 0.307 e. The van der Waals surface area contributed by atoms with Crippen LogP contribution >= 0.6 is 0 Å². The summed E-state index contributed by atoms with van der Waals surface area (Å²) < 4.78 is 10.7. The summed E-state index contributed by atoms with van der Waals surface area (Å²) in [4.78, 5) is 26.3. The molecule has 0 bridgehead atoms. The van der Waals surface area contributed by atoms with Crippen LogP contribution in [0.5, 0.6) is 11.5 Å². The number of hydrogen-bond acceptors (Lipinski definition) is 5. The van der Waals surface area contributed by atoms with E-state index in [1.807, 2.05) is 53.4 Å². The number of benzene rings is 2. The third kappa shape index (κ3) is 3.80. The zero-order valence-corrected chi connectivity index (χ0v) is 15.3. The number of ether oxygens (including phenoxy) is 2. The van der Waals surface area contributed by atoms with Gasteiger partial charge in [-0.2, -0.15) is 0 Å². The molecule has 1 fully saturated rings. The van der Waals surface area contributed by atoms with Crippen LogP contribution in [0.15, 0.2) is 48.5 Å². The van der Waals surface area contributed by atoms with Gasteiger partial charge in [-0.3, -0.25) is 14.5 Å². The molecule has 2 N–H and O–H groups in total. The molecule has 0 aliphatic carbocycles. The molecule has 146 valence electrons. The van der Waals surface area contributed by atoms with Crippen molar-refractivity contribution in [2.75, 3.05) is 19.9 Å². The second-order valence-corrected chi connectivity index (χ2v) is 7.04. The molecule has 0 radical (unpaired) electrons. The number of rotatable bonds is 6. The summed E-state index contributed by atoms with van der Waals surface area (Å²) in [6.45, 7) is 1.51. The number of amides is 1. The third-order valence-electron chi connectivity index (χ3n) is 5.20. The number of likely N-dealkylation sites (tertiary alicyclic amines) is 1. The number of nitrogens with one attached hydrogen (secondary N) is 1. The minimum absolute atomic E-state index is 0.144. The molecular formula is C21H22N2O5. The maximum atomic E-state index is 13.1. The summed E-state index contributed by atoms with van der Waals surface area (Å²) in [5, 5.41) is 12.3. The predicted octanol–water partition coefficient (Wildman–Crippen LogP) is 2.18. The van der Waals surface area contributed by atoms with Crippen LogP contribution in [0.2, 0.25) is 0 Å². The lowest BCUT2D eigenvalue weighted by Crippen LogP contribution is -2.39. The van der Waals surface area contributed by atoms with Crippen LogP contribution in [0.25, 0.3) is 0 Å². The van der Waals surface area contributed by atoms with Crippen molar-refractivity contribution in [2.45, 2.75) is 19.0 Å². The summed E-state index contributed by atoms with van der Waals surface area (Å²) in [5.41, 5.74) is 1.77. The fourth-order valence-corrected chi connectivity index (χ4v) is 3.72. The van der Waals surface area contributed by atoms with Crippen LogP contribution < -0.4 is 14.8 Å². The SMILES string of the molecule is O=C(O)C1CCN(C(C(=O)NCc2ccc3c(c2)OCO3)c2ccccc2)C1. The summed E-state index contributed by atoms with van der Waals surface area (Å²) in [6, 6.07) is 14.5. The molecule has 1 amide bonds. The Morgan fingerprint density at radius 3 is 2.68 bits per heavy atom. The molecule has 2 aliphatic rings. The molecule has 2 aromatic rings. The standard InChI is InChI=1S/C21H22N2O5/c24-20(22-11-14-6-7-17-18(10-14)28-13-27-17)19(15-4-2-1-3-5-15)23-9-8-16(12-23)21(25)26/h1-7,10,16,19H,8-9,11-13H2,(H,22,24)(H,25,26). The van der Waals surface area contributed by atoms with Gasteiger partial charge in [0.2, 0.25) is 12.7 Å². The fourth-order valence-electron chi connectivity index (χ4n) is 3.72. The van der Waals surface area contributed by atoms with Gasteiger partial charge < -0.3 is 19.9 Å². The molecule has 2 aliphatic heterocycles. The van der Waals surface area contributed by atoms with E-state index in [1.54, 1.807) is 0 Å². The van der Waals surface area contributed by atoms with Gasteiger partial charge in [0.1, 0.15) is 6.04 Å². The van der Waals surface area contributed by atoms with Gasteiger partial charge in [-0.25, -0.2) is 0 Å². The van der Waals surface area contributed by atoms with Crippen LogP contribution in [0.3, 0.4) is 0 Å². The molecule has 2 atom stereocenters. The van der Waals surface area contributed by atoms with Crippen molar-refractivity contribution in [1.82, 2.24) is 10.2 Å². The van der Waals surface area contributed by atoms with Gasteiger partial charge in [-0.15, -0.1) is 0 Å². The number of nitrogens with zero attached hydrogens (tertiary/aromatic N) is 1. The number of carboxylic acid groups (broad SMARTS) is 1. The average molecular weight is 382 g/mol. The third-order valence-corrected chi connectivity index (χ3v) is 5.20. The highest BCUT2D eigenvalue weighted by Gasteiger charge is 2.36. The first-order valence-corrected chi connectivity index (χ1v) is 9.30. The van der Waals surface area contributed by atoms with Gasteiger partial charge in [-0.1, -0.05) is 36.4 Å². The van der Waals surface area contributed by atoms with E-state index in [9.17, 15) is 14.7 Å². The first kappa shape index (κ1) is 18.3. The van der Waals surface area contributed by atoms with Crippen molar-refractivity contribution in [1.29, 1.82) is 0 Å². The summed E-state index contributed by atoms with van der Waals surface area (Å²) >= 11 is 0. The Balaban J connectivity index is 1.48. The van der Waals surface area contributed by atoms with Crippen molar-refractivity contribution < 1.29 is 24.2 Å². The van der Waals surface area contributed by atoms with Crippen LogP contribution in [0, 0.1) is 5.92 Å². The minimum Gasteiger partial charge on any atom is -0.481 e. The van der Waals surface area contributed by atoms with E-state index < -0.39 is 17.9 Å². The number of carbonyl (C=O) groups excluding carboxylic acids is 1. The molecular weight excluding hydrogens is 360 g/mol. The number of carbonyl (C=O) groups is 2. The number of aliphatic carboxylic acids is 1. The molecule has 4 rings (SSSR count). The van der Waals surface area contributed by atoms with Crippen molar-refractivity contribution in [3.05, 3.63) is 59.7 Å². The van der Waals surface area contributed by atoms with E-state index in [2.05, 4.69) is 5.32 Å². The van der Waals surface area contributed by atoms with E-state index in [0.717, 1.165) is 11.1 Å². The first-order valence-electron chi connectivity index (χ1n) is 9.30. The highest BCUT2D eigenvalue weighted by molar-refractivity contribution is 5.83. The van der Waals surface area contributed by atoms with Gasteiger partial charge >= 0.3 is 5.97 Å². The van der Waals surface area contributed by atoms with Gasteiger partial charge in [0.05, 0.1) is 5.92 Å². The lowest BCUT2D eigenvalue weighted by Gasteiger charge is -2.27. The van der Waals surface area contributed by atoms with Crippen molar-refractivity contribution >= 4 is 11.9 Å². The molecule has 0 aromatic heterocycles. The van der Waals surface area contributed by atoms with Gasteiger partial charge in [0, 0.05) is 19.6 Å². The predicted molar refractivity (Wildman–Crippen MR) is 101 cm³/mol. The molecule has 0 spiro atoms. The monoisotopic (exact) mass is 382 g/mol. The summed E-state index contributed by atoms with van der Waals surface area (Å²) in [6.07, 6.45) is 0.550. The van der Waals surface area contributed by atoms with Gasteiger partial charge in [0.15, 0.2) is 11.5 Å². The lowest BCUT2D eigenvalue weighted by molar-refractivity contribution is -0.141. The van der Waals surface area contributed by atoms with E-state index in [0.29, 0.717) is 37.6 Å². The average Bonchev–Trinajstić information content (AvgIpc) is 3.37. The lowest BCUT2D eigenvalue weighted by atomic mass is 10.0. The van der Waals surface area contributed by atoms with Crippen LogP contribution in [-0.2, 0) is 16.1 Å². The first-order chi connectivity index (χ1) is 13.6. The maximum Gasteiger partial charge on any atom is 0.307 e. The van der Waals surface area contributed by atoms with Crippen molar-refractivity contribution in [3.63, 3.8) is 0 Å². The van der Waals surface area contributed by atoms with Crippen molar-refractivity contribution in [2.24, 2.45) is 5.92 Å². The van der Waals surface area contributed by atoms with Crippen LogP contribution in [0.1, 0.15) is 23.6 Å². The normalized spacial score (nSPS) is 19.4. The molecule has 2 heterocycles. The Labute approximate surface area is 162 Å². The summed E-state index contributed by atoms with van der Waals surface area (Å²) in [5.74, 6) is -0.0120. The minimum atomic E-state index is -0.810. The number of carboxylic acids is 1. The van der Waals surface area contributed by atoms with E-state index in [4.69, 9.17) is 9.47 Å². The van der Waals surface area contributed by atoms with E-state index in [1.165, 1.54) is 0 Å². The Kier molecular flexibility index (Phi) is 5.16. The van der Waals surface area contributed by atoms with Crippen molar-refractivity contribution in [3.8, 4) is 11.5 Å². The second kappa shape index (κ2) is 7.90. The van der Waals surface area contributed by atoms with Crippen LogP contribution in [-0.4, -0.2) is 41.8 Å². The van der Waals surface area contributed by atoms with E-state index in [-0.39, 0.29) is 12.7 Å². The quantitative estimate of drug-likeness (QED) is 0.796. The Bertz CT molecular complexity index is 870. The second-order valence-electron chi connectivity index (χ2n) is 7.04. The zero-order chi connectivity index (χ0) is 19.5. The van der Waals surface area contributed by atoms with Crippen LogP contribution in [0.4, 0.5) is 0 Å². The maximum absolute atomic E-state index is 13.1. The Hall–Kier alpha value is -3.06. The van der Waals surface area contributed by atoms with Gasteiger partial charge in [-0.05, 0) is 29.7 Å². The zero-order valence-electron chi connectivity index (χ0n) is 15.3. The molecule has 7 nitrogen and oxygen atoms in total. The fraction of sp³-hybridized carbons (Fsp3) is 0.333. The molecule has 1 saturated heterocycles. The molecule has 2 aromatic carbocycles. The molecule has 2 unspecified atom stereocenters. The largest absolute Gasteiger partial charge is 0.481 e. The van der Waals surface area contributed by atoms with Gasteiger partial charge in [0.25, 0.3) is 0 Å². The topological polar surface area (TPSA) is 88.1 Å². The summed E-state index contributed by atoms with van der Waals surface area (Å²) in [7, 11) is 0. The number of fused-ring (bicyclic) bond motifs is 1. The van der Waals surface area contributed by atoms with E-state index >= 15 is 0 Å². The Morgan fingerprint density at radius 2 is 1.93 bits per heavy atom. The highest BCUT2D eigenvalue weighted by Crippen LogP contribution is 2.33. The molecule has 0 saturated carbocycles. The molecule has 28 heavy (non-hydrogen) atoms.